The summed E-state index contributed by atoms with van der Waals surface area (Å²) in [5.41, 5.74) is 1.47. The highest BCUT2D eigenvalue weighted by Crippen LogP contribution is 2.14. The zero-order chi connectivity index (χ0) is 15.8. The zero-order valence-corrected chi connectivity index (χ0v) is 12.8. The number of carbonyl (C=O) groups is 2. The van der Waals surface area contributed by atoms with Crippen LogP contribution in [-0.2, 0) is 9.53 Å². The van der Waals surface area contributed by atoms with E-state index in [1.165, 1.54) is 6.08 Å². The number of benzene rings is 1. The van der Waals surface area contributed by atoms with Crippen LogP contribution in [0.2, 0.25) is 0 Å². The van der Waals surface area contributed by atoms with E-state index < -0.39 is 0 Å². The molecular weight excluding hydrogens is 280 g/mol. The van der Waals surface area contributed by atoms with Crippen LogP contribution in [-0.4, -0.2) is 38.1 Å². The van der Waals surface area contributed by atoms with Crippen molar-refractivity contribution in [3.05, 3.63) is 41.5 Å². The first-order valence-corrected chi connectivity index (χ1v) is 7.58. The molecule has 1 aromatic rings. The Morgan fingerprint density at radius 2 is 2.09 bits per heavy atom. The minimum Gasteiger partial charge on any atom is -0.378 e. The Labute approximate surface area is 130 Å². The lowest BCUT2D eigenvalue weighted by Gasteiger charge is -2.08. The average Bonchev–Trinajstić information content (AvgIpc) is 3.06. The molecule has 2 N–H and O–H groups in total. The van der Waals surface area contributed by atoms with Crippen LogP contribution in [0.3, 0.4) is 0 Å². The number of carbonyl (C=O) groups excluding carboxylic acids is 2. The van der Waals surface area contributed by atoms with Gasteiger partial charge < -0.3 is 15.4 Å². The summed E-state index contributed by atoms with van der Waals surface area (Å²) in [7, 11) is 1.59. The third-order valence-electron chi connectivity index (χ3n) is 3.62. The monoisotopic (exact) mass is 302 g/mol. The summed E-state index contributed by atoms with van der Waals surface area (Å²) in [5, 5.41) is 5.41. The SMILES string of the molecule is CNC(=O)c1ccc(/C=C/C(=O)NCCC2CCCO2)cc1. The summed E-state index contributed by atoms with van der Waals surface area (Å²) in [6, 6.07) is 7.07. The summed E-state index contributed by atoms with van der Waals surface area (Å²) in [6.07, 6.45) is 6.59. The Hall–Kier alpha value is -2.14. The molecule has 5 nitrogen and oxygen atoms in total. The first-order valence-electron chi connectivity index (χ1n) is 7.58. The van der Waals surface area contributed by atoms with Gasteiger partial charge in [0.05, 0.1) is 6.10 Å². The molecule has 2 amide bonds. The molecule has 5 heteroatoms. The summed E-state index contributed by atoms with van der Waals surface area (Å²) in [5.74, 6) is -0.240. The van der Waals surface area contributed by atoms with Gasteiger partial charge in [0.2, 0.25) is 5.91 Å². The first kappa shape index (κ1) is 16.2. The minimum absolute atomic E-state index is 0.117. The molecule has 0 radical (unpaired) electrons. The maximum absolute atomic E-state index is 11.7. The molecule has 1 atom stereocenters. The fourth-order valence-electron chi connectivity index (χ4n) is 2.35. The van der Waals surface area contributed by atoms with E-state index in [9.17, 15) is 9.59 Å². The lowest BCUT2D eigenvalue weighted by Crippen LogP contribution is -2.25. The summed E-state index contributed by atoms with van der Waals surface area (Å²) < 4.78 is 5.50. The quantitative estimate of drug-likeness (QED) is 0.787. The maximum atomic E-state index is 11.7. The number of hydrogen-bond donors (Lipinski definition) is 2. The van der Waals surface area contributed by atoms with Crippen molar-refractivity contribution in [1.29, 1.82) is 0 Å². The normalized spacial score (nSPS) is 17.6. The molecule has 2 rings (SSSR count). The third-order valence-corrected chi connectivity index (χ3v) is 3.62. The average molecular weight is 302 g/mol. The van der Waals surface area contributed by atoms with Gasteiger partial charge in [-0.05, 0) is 43.0 Å². The summed E-state index contributed by atoms with van der Waals surface area (Å²) in [4.78, 5) is 23.1. The van der Waals surface area contributed by atoms with Gasteiger partial charge in [0.1, 0.15) is 0 Å². The minimum atomic E-state index is -0.123. The van der Waals surface area contributed by atoms with Crippen molar-refractivity contribution in [3.63, 3.8) is 0 Å². The van der Waals surface area contributed by atoms with Crippen molar-refractivity contribution in [2.75, 3.05) is 20.2 Å². The van der Waals surface area contributed by atoms with E-state index in [2.05, 4.69) is 10.6 Å². The van der Waals surface area contributed by atoms with E-state index in [0.29, 0.717) is 18.2 Å². The van der Waals surface area contributed by atoms with Gasteiger partial charge in [-0.1, -0.05) is 12.1 Å². The van der Waals surface area contributed by atoms with E-state index in [4.69, 9.17) is 4.74 Å². The van der Waals surface area contributed by atoms with Gasteiger partial charge in [-0.3, -0.25) is 9.59 Å². The van der Waals surface area contributed by atoms with E-state index in [0.717, 1.165) is 31.4 Å². The Morgan fingerprint density at radius 1 is 1.32 bits per heavy atom. The molecule has 0 spiro atoms. The molecule has 1 aliphatic rings. The molecule has 1 aliphatic heterocycles. The van der Waals surface area contributed by atoms with E-state index in [1.54, 1.807) is 37.4 Å². The third kappa shape index (κ3) is 5.00. The van der Waals surface area contributed by atoms with Crippen LogP contribution in [0.15, 0.2) is 30.3 Å². The molecule has 1 saturated heterocycles. The van der Waals surface area contributed by atoms with Crippen LogP contribution in [0.4, 0.5) is 0 Å². The Balaban J connectivity index is 1.75. The van der Waals surface area contributed by atoms with Gasteiger partial charge in [0, 0.05) is 31.8 Å². The van der Waals surface area contributed by atoms with Crippen molar-refractivity contribution in [2.24, 2.45) is 0 Å². The highest BCUT2D eigenvalue weighted by Gasteiger charge is 2.14. The van der Waals surface area contributed by atoms with Crippen LogP contribution < -0.4 is 10.6 Å². The lowest BCUT2D eigenvalue weighted by molar-refractivity contribution is -0.116. The number of nitrogens with one attached hydrogen (secondary N) is 2. The fraction of sp³-hybridized carbons (Fsp3) is 0.412. The molecule has 118 valence electrons. The number of ether oxygens (including phenoxy) is 1. The van der Waals surface area contributed by atoms with Gasteiger partial charge in [-0.2, -0.15) is 0 Å². The molecule has 1 fully saturated rings. The van der Waals surface area contributed by atoms with Gasteiger partial charge in [0.15, 0.2) is 0 Å². The highest BCUT2D eigenvalue weighted by molar-refractivity contribution is 5.94. The van der Waals surface area contributed by atoms with Crippen molar-refractivity contribution in [3.8, 4) is 0 Å². The van der Waals surface area contributed by atoms with Gasteiger partial charge in [0.25, 0.3) is 5.91 Å². The lowest BCUT2D eigenvalue weighted by atomic mass is 10.1. The van der Waals surface area contributed by atoms with E-state index >= 15 is 0 Å². The second-order valence-corrected chi connectivity index (χ2v) is 5.25. The predicted molar refractivity (Wildman–Crippen MR) is 85.5 cm³/mol. The van der Waals surface area contributed by atoms with Crippen LogP contribution in [0.1, 0.15) is 35.2 Å². The molecule has 0 aromatic heterocycles. The largest absolute Gasteiger partial charge is 0.378 e. The summed E-state index contributed by atoms with van der Waals surface area (Å²) in [6.45, 7) is 1.47. The Morgan fingerprint density at radius 3 is 2.73 bits per heavy atom. The van der Waals surface area contributed by atoms with Crippen molar-refractivity contribution in [1.82, 2.24) is 10.6 Å². The van der Waals surface area contributed by atoms with Crippen LogP contribution in [0, 0.1) is 0 Å². The molecular formula is C17H22N2O3. The first-order chi connectivity index (χ1) is 10.7. The smallest absolute Gasteiger partial charge is 0.251 e. The van der Waals surface area contributed by atoms with Crippen molar-refractivity contribution < 1.29 is 14.3 Å². The number of hydrogen-bond acceptors (Lipinski definition) is 3. The zero-order valence-electron chi connectivity index (χ0n) is 12.8. The molecule has 1 unspecified atom stereocenters. The second kappa shape index (κ2) is 8.34. The van der Waals surface area contributed by atoms with Crippen LogP contribution in [0.25, 0.3) is 6.08 Å². The van der Waals surface area contributed by atoms with E-state index in [1.807, 2.05) is 0 Å². The number of rotatable bonds is 6. The van der Waals surface area contributed by atoms with Gasteiger partial charge in [-0.15, -0.1) is 0 Å². The number of amides is 2. The van der Waals surface area contributed by atoms with Crippen molar-refractivity contribution in [2.45, 2.75) is 25.4 Å². The molecule has 1 heterocycles. The Bertz CT molecular complexity index is 531. The van der Waals surface area contributed by atoms with Crippen molar-refractivity contribution >= 4 is 17.9 Å². The fourth-order valence-corrected chi connectivity index (χ4v) is 2.35. The molecule has 0 saturated carbocycles. The molecule has 0 bridgehead atoms. The van der Waals surface area contributed by atoms with Gasteiger partial charge in [-0.25, -0.2) is 0 Å². The van der Waals surface area contributed by atoms with Crippen LogP contribution >= 0.6 is 0 Å². The maximum Gasteiger partial charge on any atom is 0.251 e. The van der Waals surface area contributed by atoms with E-state index in [-0.39, 0.29) is 11.8 Å². The molecule has 22 heavy (non-hydrogen) atoms. The van der Waals surface area contributed by atoms with Gasteiger partial charge >= 0.3 is 0 Å². The highest BCUT2D eigenvalue weighted by atomic mass is 16.5. The molecule has 1 aromatic carbocycles. The second-order valence-electron chi connectivity index (χ2n) is 5.25. The predicted octanol–water partition coefficient (Wildman–Crippen LogP) is 1.74. The standard InChI is InChI=1S/C17H22N2O3/c1-18-17(21)14-7-4-13(5-8-14)6-9-16(20)19-11-10-15-3-2-12-22-15/h4-9,15H,2-3,10-12H2,1H3,(H,18,21)(H,19,20)/b9-6+. The Kier molecular flexibility index (Phi) is 6.15. The molecule has 0 aliphatic carbocycles. The topological polar surface area (TPSA) is 67.4 Å². The summed E-state index contributed by atoms with van der Waals surface area (Å²) >= 11 is 0. The van der Waals surface area contributed by atoms with Crippen LogP contribution in [0.5, 0.6) is 0 Å².